The van der Waals surface area contributed by atoms with Crippen LogP contribution >= 0.6 is 0 Å². The van der Waals surface area contributed by atoms with Gasteiger partial charge in [0.25, 0.3) is 0 Å². The second kappa shape index (κ2) is 9.22. The summed E-state index contributed by atoms with van der Waals surface area (Å²) >= 11 is 0. The Kier molecular flexibility index (Phi) is 6.45. The van der Waals surface area contributed by atoms with Crippen LogP contribution in [0.25, 0.3) is 0 Å². The molecule has 3 rings (SSSR count). The molecule has 0 amide bonds. The van der Waals surface area contributed by atoms with Crippen LogP contribution in [0.3, 0.4) is 0 Å². The highest BCUT2D eigenvalue weighted by molar-refractivity contribution is 5.79. The average Bonchev–Trinajstić information content (AvgIpc) is 3.35. The first-order valence-corrected chi connectivity index (χ1v) is 9.06. The van der Waals surface area contributed by atoms with Gasteiger partial charge in [-0.15, -0.1) is 0 Å². The summed E-state index contributed by atoms with van der Waals surface area (Å²) in [5, 5.41) is 6.87. The van der Waals surface area contributed by atoms with Crippen molar-refractivity contribution in [3.63, 3.8) is 0 Å². The summed E-state index contributed by atoms with van der Waals surface area (Å²) in [6.45, 7) is 4.89. The Balaban J connectivity index is 1.53. The molecular weight excluding hydrogens is 312 g/mol. The van der Waals surface area contributed by atoms with E-state index in [1.54, 1.807) is 6.20 Å². The van der Waals surface area contributed by atoms with Crippen molar-refractivity contribution >= 4 is 5.96 Å². The molecule has 1 fully saturated rings. The fourth-order valence-electron chi connectivity index (χ4n) is 3.32. The molecule has 1 atom stereocenters. The van der Waals surface area contributed by atoms with E-state index in [1.807, 2.05) is 19.6 Å². The Bertz CT molecular complexity index is 631. The fourth-order valence-corrected chi connectivity index (χ4v) is 3.32. The number of imidazole rings is 1. The molecule has 6 nitrogen and oxygen atoms in total. The molecule has 0 bridgehead atoms. The monoisotopic (exact) mass is 340 g/mol. The lowest BCUT2D eigenvalue weighted by molar-refractivity contribution is 0.245. The van der Waals surface area contributed by atoms with Crippen molar-refractivity contribution in [2.45, 2.75) is 25.4 Å². The third-order valence-electron chi connectivity index (χ3n) is 4.67. The highest BCUT2D eigenvalue weighted by atomic mass is 15.2. The van der Waals surface area contributed by atoms with Crippen LogP contribution in [0.4, 0.5) is 0 Å². The number of hydrogen-bond donors (Lipinski definition) is 2. The van der Waals surface area contributed by atoms with Crippen LogP contribution in [0, 0.1) is 0 Å². The van der Waals surface area contributed by atoms with Crippen LogP contribution in [-0.2, 0) is 6.54 Å². The van der Waals surface area contributed by atoms with E-state index in [1.165, 1.54) is 31.5 Å². The summed E-state index contributed by atoms with van der Waals surface area (Å²) in [5.74, 6) is 0.847. The third-order valence-corrected chi connectivity index (χ3v) is 4.67. The maximum Gasteiger partial charge on any atom is 0.191 e. The van der Waals surface area contributed by atoms with Gasteiger partial charge >= 0.3 is 0 Å². The first-order chi connectivity index (χ1) is 12.4. The normalized spacial score (nSPS) is 16.8. The molecule has 1 aromatic carbocycles. The molecule has 1 aliphatic rings. The van der Waals surface area contributed by atoms with Gasteiger partial charge in [-0.25, -0.2) is 4.98 Å². The van der Waals surface area contributed by atoms with Crippen LogP contribution in [0.1, 0.15) is 24.4 Å². The molecule has 0 radical (unpaired) electrons. The van der Waals surface area contributed by atoms with Crippen molar-refractivity contribution in [1.82, 2.24) is 25.1 Å². The zero-order valence-corrected chi connectivity index (χ0v) is 14.9. The number of nitrogens with zero attached hydrogens (tertiary/aromatic N) is 4. The van der Waals surface area contributed by atoms with Gasteiger partial charge in [0.2, 0.25) is 0 Å². The second-order valence-electron chi connectivity index (χ2n) is 6.35. The molecule has 25 heavy (non-hydrogen) atoms. The topological polar surface area (TPSA) is 57.5 Å². The fraction of sp³-hybridized carbons (Fsp3) is 0.474. The minimum atomic E-state index is 0.385. The molecule has 6 heteroatoms. The van der Waals surface area contributed by atoms with Crippen LogP contribution in [0.2, 0.25) is 0 Å². The van der Waals surface area contributed by atoms with Crippen molar-refractivity contribution in [3.05, 3.63) is 54.6 Å². The lowest BCUT2D eigenvalue weighted by Crippen LogP contribution is -2.43. The number of nitrogens with one attached hydrogen (secondary N) is 2. The summed E-state index contributed by atoms with van der Waals surface area (Å²) in [4.78, 5) is 11.0. The molecule has 2 aromatic rings. The van der Waals surface area contributed by atoms with Crippen molar-refractivity contribution in [3.8, 4) is 0 Å². The van der Waals surface area contributed by atoms with E-state index in [4.69, 9.17) is 0 Å². The predicted octanol–water partition coefficient (Wildman–Crippen LogP) is 1.89. The Labute approximate surface area is 150 Å². The quantitative estimate of drug-likeness (QED) is 0.597. The van der Waals surface area contributed by atoms with E-state index in [0.29, 0.717) is 6.04 Å². The largest absolute Gasteiger partial charge is 0.355 e. The molecular formula is C19H28N6. The summed E-state index contributed by atoms with van der Waals surface area (Å²) in [6.07, 6.45) is 8.18. The van der Waals surface area contributed by atoms with Crippen molar-refractivity contribution in [2.24, 2.45) is 4.99 Å². The number of rotatable bonds is 7. The minimum absolute atomic E-state index is 0.385. The Morgan fingerprint density at radius 2 is 2.00 bits per heavy atom. The molecule has 1 saturated heterocycles. The maximum atomic E-state index is 4.35. The van der Waals surface area contributed by atoms with Gasteiger partial charge in [-0.1, -0.05) is 30.3 Å². The predicted molar refractivity (Wildman–Crippen MR) is 102 cm³/mol. The van der Waals surface area contributed by atoms with Gasteiger partial charge < -0.3 is 15.2 Å². The zero-order chi connectivity index (χ0) is 17.3. The van der Waals surface area contributed by atoms with E-state index in [0.717, 1.165) is 25.6 Å². The lowest BCUT2D eigenvalue weighted by atomic mass is 10.1. The number of benzene rings is 1. The molecule has 134 valence electrons. The number of guanidine groups is 1. The Hall–Kier alpha value is -2.34. The summed E-state index contributed by atoms with van der Waals surface area (Å²) in [6, 6.07) is 11.2. The van der Waals surface area contributed by atoms with Gasteiger partial charge in [-0.2, -0.15) is 0 Å². The third kappa shape index (κ3) is 5.06. The number of aliphatic imine (C=N–C) groups is 1. The molecule has 1 aromatic heterocycles. The lowest BCUT2D eigenvalue weighted by Gasteiger charge is -2.29. The molecule has 0 saturated carbocycles. The summed E-state index contributed by atoms with van der Waals surface area (Å²) in [7, 11) is 1.82. The number of aromatic nitrogens is 2. The molecule has 0 aliphatic carbocycles. The van der Waals surface area contributed by atoms with Gasteiger partial charge in [-0.3, -0.25) is 9.89 Å². The SMILES string of the molecule is CN=C(NCCn1ccnc1)NCC(c1ccccc1)N1CCCC1. The maximum absolute atomic E-state index is 4.35. The van der Waals surface area contributed by atoms with Crippen molar-refractivity contribution in [2.75, 3.05) is 33.2 Å². The minimum Gasteiger partial charge on any atom is -0.355 e. The Morgan fingerprint density at radius 3 is 2.68 bits per heavy atom. The van der Waals surface area contributed by atoms with Gasteiger partial charge in [0.1, 0.15) is 0 Å². The first kappa shape index (κ1) is 17.5. The highest BCUT2D eigenvalue weighted by Crippen LogP contribution is 2.24. The smallest absolute Gasteiger partial charge is 0.191 e. The van der Waals surface area contributed by atoms with Gasteiger partial charge in [-0.05, 0) is 31.5 Å². The van der Waals surface area contributed by atoms with Crippen LogP contribution in [0.5, 0.6) is 0 Å². The van der Waals surface area contributed by atoms with E-state index in [2.05, 4.69) is 60.4 Å². The van der Waals surface area contributed by atoms with Gasteiger partial charge in [0.05, 0.1) is 12.4 Å². The zero-order valence-electron chi connectivity index (χ0n) is 14.9. The van der Waals surface area contributed by atoms with Gasteiger partial charge in [0, 0.05) is 39.1 Å². The highest BCUT2D eigenvalue weighted by Gasteiger charge is 2.23. The standard InChI is InChI=1S/C19H28N6/c1-20-19(22-10-14-24-13-9-21-16-24)23-15-18(25-11-5-6-12-25)17-7-3-2-4-8-17/h2-4,7-9,13,16,18H,5-6,10-12,14-15H2,1H3,(H2,20,22,23). The Morgan fingerprint density at radius 1 is 1.20 bits per heavy atom. The van der Waals surface area contributed by atoms with Crippen molar-refractivity contribution in [1.29, 1.82) is 0 Å². The number of hydrogen-bond acceptors (Lipinski definition) is 3. The first-order valence-electron chi connectivity index (χ1n) is 9.06. The van der Waals surface area contributed by atoms with E-state index >= 15 is 0 Å². The second-order valence-corrected chi connectivity index (χ2v) is 6.35. The molecule has 2 N–H and O–H groups in total. The van der Waals surface area contributed by atoms with Crippen molar-refractivity contribution < 1.29 is 0 Å². The van der Waals surface area contributed by atoms with E-state index < -0.39 is 0 Å². The molecule has 2 heterocycles. The molecule has 1 aliphatic heterocycles. The molecule has 1 unspecified atom stereocenters. The van der Waals surface area contributed by atoms with E-state index in [9.17, 15) is 0 Å². The number of likely N-dealkylation sites (tertiary alicyclic amines) is 1. The summed E-state index contributed by atoms with van der Waals surface area (Å²) < 4.78 is 2.05. The summed E-state index contributed by atoms with van der Waals surface area (Å²) in [5.41, 5.74) is 1.37. The van der Waals surface area contributed by atoms with Gasteiger partial charge in [0.15, 0.2) is 5.96 Å². The average molecular weight is 340 g/mol. The molecule has 0 spiro atoms. The van der Waals surface area contributed by atoms with Crippen LogP contribution in [0.15, 0.2) is 54.0 Å². The van der Waals surface area contributed by atoms with E-state index in [-0.39, 0.29) is 0 Å². The van der Waals surface area contributed by atoms with Crippen LogP contribution < -0.4 is 10.6 Å². The van der Waals surface area contributed by atoms with Crippen LogP contribution in [-0.4, -0.2) is 53.6 Å².